The number of ether oxygens (including phenoxy) is 3. The van der Waals surface area contributed by atoms with Crippen molar-refractivity contribution in [3.63, 3.8) is 0 Å². The minimum Gasteiger partial charge on any atom is -0.468 e. The van der Waals surface area contributed by atoms with E-state index in [9.17, 15) is 0 Å². The molecule has 11 heteroatoms. The Morgan fingerprint density at radius 3 is 2.81 bits per heavy atom. The van der Waals surface area contributed by atoms with Crippen LogP contribution < -0.4 is 10.1 Å². The highest BCUT2D eigenvalue weighted by atomic mass is 16.6. The third kappa shape index (κ3) is 3.55. The lowest BCUT2D eigenvalue weighted by atomic mass is 10.1. The smallest absolute Gasteiger partial charge is 0.341 e. The summed E-state index contributed by atoms with van der Waals surface area (Å²) >= 11 is 0. The maximum Gasteiger partial charge on any atom is 0.341 e. The van der Waals surface area contributed by atoms with Crippen LogP contribution in [0.25, 0.3) is 5.69 Å². The molecule has 0 spiro atoms. The molecule has 2 fully saturated rings. The molecule has 1 aromatic carbocycles. The van der Waals surface area contributed by atoms with Crippen molar-refractivity contribution in [2.45, 2.75) is 30.8 Å². The standard InChI is InChI=1S/C21H21N7O4/c1-2-16(29-9-1)10-23-17-11-30-20-18(12-31-19(17)20)28-21(24-25-26-28)32-15-5-3-14(4-6-15)27-8-7-22-13-27/h1-9,13,17-20,23H,10-12H2/t17-,18+,19-,20+/m1/s1. The number of furan rings is 1. The van der Waals surface area contributed by atoms with Gasteiger partial charge in [0, 0.05) is 18.1 Å². The second-order valence-electron chi connectivity index (χ2n) is 7.70. The van der Waals surface area contributed by atoms with Gasteiger partial charge in [-0.2, -0.15) is 4.68 Å². The third-order valence-corrected chi connectivity index (χ3v) is 5.77. The van der Waals surface area contributed by atoms with Crippen molar-refractivity contribution < 1.29 is 18.6 Å². The molecule has 3 aromatic heterocycles. The second-order valence-corrected chi connectivity index (χ2v) is 7.70. The molecule has 4 atom stereocenters. The number of aromatic nitrogens is 6. The maximum atomic E-state index is 6.06. The second kappa shape index (κ2) is 8.19. The summed E-state index contributed by atoms with van der Waals surface area (Å²) in [5.41, 5.74) is 0.980. The maximum absolute atomic E-state index is 6.06. The number of rotatable bonds is 7. The first-order valence-electron chi connectivity index (χ1n) is 10.4. The molecule has 0 amide bonds. The largest absolute Gasteiger partial charge is 0.468 e. The number of nitrogens with one attached hydrogen (secondary N) is 1. The topological polar surface area (TPSA) is 114 Å². The summed E-state index contributed by atoms with van der Waals surface area (Å²) in [5.74, 6) is 1.50. The zero-order chi connectivity index (χ0) is 21.3. The van der Waals surface area contributed by atoms with E-state index in [0.29, 0.717) is 31.5 Å². The molecule has 32 heavy (non-hydrogen) atoms. The van der Waals surface area contributed by atoms with Gasteiger partial charge >= 0.3 is 6.01 Å². The molecule has 2 saturated heterocycles. The van der Waals surface area contributed by atoms with Crippen molar-refractivity contribution in [2.75, 3.05) is 13.2 Å². The van der Waals surface area contributed by atoms with Gasteiger partial charge in [0.25, 0.3) is 0 Å². The van der Waals surface area contributed by atoms with Crippen LogP contribution in [0.4, 0.5) is 0 Å². The van der Waals surface area contributed by atoms with Crippen LogP contribution in [-0.2, 0) is 16.0 Å². The number of hydrogen-bond acceptors (Lipinski definition) is 9. The molecule has 2 aliphatic rings. The van der Waals surface area contributed by atoms with E-state index in [4.69, 9.17) is 18.6 Å². The summed E-state index contributed by atoms with van der Waals surface area (Å²) in [5, 5.41) is 15.5. The molecule has 0 radical (unpaired) electrons. The average molecular weight is 435 g/mol. The first-order chi connectivity index (χ1) is 15.8. The molecule has 0 saturated carbocycles. The molecule has 2 aliphatic heterocycles. The van der Waals surface area contributed by atoms with Gasteiger partial charge in [-0.25, -0.2) is 4.98 Å². The number of nitrogens with zero attached hydrogens (tertiary/aromatic N) is 6. The lowest BCUT2D eigenvalue weighted by Crippen LogP contribution is -2.40. The lowest BCUT2D eigenvalue weighted by molar-refractivity contribution is 0.0611. The fraction of sp³-hybridized carbons (Fsp3) is 0.333. The van der Waals surface area contributed by atoms with Crippen LogP contribution >= 0.6 is 0 Å². The van der Waals surface area contributed by atoms with Crippen molar-refractivity contribution in [2.24, 2.45) is 0 Å². The van der Waals surface area contributed by atoms with Gasteiger partial charge in [0.2, 0.25) is 0 Å². The molecule has 1 N–H and O–H groups in total. The van der Waals surface area contributed by atoms with E-state index < -0.39 is 0 Å². The Morgan fingerprint density at radius 1 is 1.09 bits per heavy atom. The molecule has 6 rings (SSSR count). The van der Waals surface area contributed by atoms with Crippen LogP contribution in [-0.4, -0.2) is 61.2 Å². The summed E-state index contributed by atoms with van der Waals surface area (Å²) in [6.45, 7) is 1.60. The van der Waals surface area contributed by atoms with E-state index in [1.54, 1.807) is 23.5 Å². The van der Waals surface area contributed by atoms with E-state index in [2.05, 4.69) is 25.8 Å². The number of fused-ring (bicyclic) bond motifs is 1. The van der Waals surface area contributed by atoms with Gasteiger partial charge in [-0.3, -0.25) is 0 Å². The Labute approximate surface area is 182 Å². The van der Waals surface area contributed by atoms with Gasteiger partial charge in [-0.05, 0) is 46.8 Å². The van der Waals surface area contributed by atoms with Crippen molar-refractivity contribution in [1.82, 2.24) is 35.1 Å². The van der Waals surface area contributed by atoms with Gasteiger partial charge in [-0.15, -0.1) is 0 Å². The van der Waals surface area contributed by atoms with Crippen LogP contribution in [0, 0.1) is 0 Å². The van der Waals surface area contributed by atoms with Crippen LogP contribution in [0.5, 0.6) is 11.8 Å². The van der Waals surface area contributed by atoms with Gasteiger partial charge in [0.1, 0.15) is 29.8 Å². The Balaban J connectivity index is 1.13. The van der Waals surface area contributed by atoms with Crippen LogP contribution in [0.1, 0.15) is 11.8 Å². The Bertz CT molecular complexity index is 1140. The van der Waals surface area contributed by atoms with E-state index >= 15 is 0 Å². The van der Waals surface area contributed by atoms with Crippen LogP contribution in [0.15, 0.2) is 65.8 Å². The summed E-state index contributed by atoms with van der Waals surface area (Å²) in [4.78, 5) is 4.06. The Kier molecular flexibility index (Phi) is 4.90. The normalized spacial score (nSPS) is 24.6. The van der Waals surface area contributed by atoms with Crippen molar-refractivity contribution in [1.29, 1.82) is 0 Å². The Hall–Kier alpha value is -3.54. The number of benzene rings is 1. The predicted molar refractivity (Wildman–Crippen MR) is 109 cm³/mol. The molecule has 0 unspecified atom stereocenters. The average Bonchev–Trinajstić information content (AvgIpc) is 3.63. The highest BCUT2D eigenvalue weighted by molar-refractivity contribution is 5.38. The SMILES string of the molecule is c1coc(CN[C@@H]2CO[C@@H]3[C@@H]2OC[C@@H]3n2nnnc2Oc2ccc(-n3ccnc3)cc2)c1. The van der Waals surface area contributed by atoms with Crippen molar-refractivity contribution in [3.05, 3.63) is 67.1 Å². The van der Waals surface area contributed by atoms with Crippen molar-refractivity contribution >= 4 is 0 Å². The first kappa shape index (κ1) is 19.2. The molecular formula is C21H21N7O4. The Morgan fingerprint density at radius 2 is 2.00 bits per heavy atom. The van der Waals surface area contributed by atoms with Gasteiger partial charge < -0.3 is 28.5 Å². The predicted octanol–water partition coefficient (Wildman–Crippen LogP) is 1.74. The van der Waals surface area contributed by atoms with E-state index in [0.717, 1.165) is 11.4 Å². The molecule has 0 aliphatic carbocycles. The first-order valence-corrected chi connectivity index (χ1v) is 10.4. The number of hydrogen-bond donors (Lipinski definition) is 1. The van der Waals surface area contributed by atoms with Crippen molar-refractivity contribution in [3.8, 4) is 17.4 Å². The molecule has 5 heterocycles. The summed E-state index contributed by atoms with van der Waals surface area (Å²) in [6, 6.07) is 11.6. The summed E-state index contributed by atoms with van der Waals surface area (Å²) < 4.78 is 27.0. The highest BCUT2D eigenvalue weighted by Gasteiger charge is 2.49. The molecular weight excluding hydrogens is 414 g/mol. The van der Waals surface area contributed by atoms with Crippen LogP contribution in [0.3, 0.4) is 0 Å². The fourth-order valence-corrected chi connectivity index (χ4v) is 4.17. The third-order valence-electron chi connectivity index (χ3n) is 5.77. The molecule has 11 nitrogen and oxygen atoms in total. The quantitative estimate of drug-likeness (QED) is 0.463. The molecule has 4 aromatic rings. The lowest BCUT2D eigenvalue weighted by Gasteiger charge is -2.17. The monoisotopic (exact) mass is 435 g/mol. The number of imidazole rings is 1. The molecule has 0 bridgehead atoms. The summed E-state index contributed by atoms with van der Waals surface area (Å²) in [7, 11) is 0. The van der Waals surface area contributed by atoms with E-state index in [1.165, 1.54) is 0 Å². The fourth-order valence-electron chi connectivity index (χ4n) is 4.17. The minimum atomic E-state index is -0.175. The summed E-state index contributed by atoms with van der Waals surface area (Å²) in [6.07, 6.45) is 6.76. The molecule has 164 valence electrons. The number of tetrazole rings is 1. The van der Waals surface area contributed by atoms with Gasteiger partial charge in [0.15, 0.2) is 0 Å². The van der Waals surface area contributed by atoms with Crippen LogP contribution in [0.2, 0.25) is 0 Å². The van der Waals surface area contributed by atoms with E-state index in [-0.39, 0.29) is 24.3 Å². The zero-order valence-electron chi connectivity index (χ0n) is 17.0. The zero-order valence-corrected chi connectivity index (χ0v) is 17.0. The minimum absolute atomic E-state index is 0.0617. The van der Waals surface area contributed by atoms with Gasteiger partial charge in [0.05, 0.1) is 38.4 Å². The van der Waals surface area contributed by atoms with Gasteiger partial charge in [-0.1, -0.05) is 5.10 Å². The van der Waals surface area contributed by atoms with E-state index in [1.807, 2.05) is 47.2 Å². The highest BCUT2D eigenvalue weighted by Crippen LogP contribution is 2.36.